The zero-order valence-corrected chi connectivity index (χ0v) is 7.40. The molecule has 1 aliphatic heterocycles. The average molecular weight is 153 g/mol. The molecular weight excluding hydrogens is 138 g/mol. The molecule has 3 atom stereocenters. The van der Waals surface area contributed by atoms with Crippen molar-refractivity contribution >= 4 is 5.91 Å². The van der Waals surface area contributed by atoms with E-state index in [4.69, 9.17) is 0 Å². The van der Waals surface area contributed by atoms with Crippen molar-refractivity contribution in [2.75, 3.05) is 0 Å². The van der Waals surface area contributed by atoms with E-state index < -0.39 is 0 Å². The Labute approximate surface area is 67.4 Å². The lowest BCUT2D eigenvalue weighted by molar-refractivity contribution is -0.125. The molecule has 2 heteroatoms. The first-order valence-electron chi connectivity index (χ1n) is 4.29. The molecule has 1 heterocycles. The van der Waals surface area contributed by atoms with Crippen LogP contribution in [-0.4, -0.2) is 11.4 Å². The Morgan fingerprint density at radius 2 is 2.18 bits per heavy atom. The van der Waals surface area contributed by atoms with Crippen LogP contribution < -0.4 is 5.32 Å². The summed E-state index contributed by atoms with van der Waals surface area (Å²) in [5.74, 6) is 0.788. The molecule has 2 fully saturated rings. The van der Waals surface area contributed by atoms with Crippen molar-refractivity contribution in [2.24, 2.45) is 11.3 Å². The molecule has 1 N–H and O–H groups in total. The van der Waals surface area contributed by atoms with Gasteiger partial charge in [0, 0.05) is 12.0 Å². The molecule has 1 saturated heterocycles. The molecule has 2 rings (SSSR count). The van der Waals surface area contributed by atoms with E-state index in [2.05, 4.69) is 26.1 Å². The quantitative estimate of drug-likeness (QED) is 0.558. The zero-order chi connectivity index (χ0) is 8.28. The first kappa shape index (κ1) is 7.14. The van der Waals surface area contributed by atoms with Crippen LogP contribution in [0.3, 0.4) is 0 Å². The number of fused-ring (bicyclic) bond motifs is 1. The van der Waals surface area contributed by atoms with Gasteiger partial charge in [-0.15, -0.1) is 0 Å². The second-order valence-electron chi connectivity index (χ2n) is 4.58. The van der Waals surface area contributed by atoms with Gasteiger partial charge >= 0.3 is 0 Å². The van der Waals surface area contributed by atoms with Gasteiger partial charge in [0.2, 0.25) is 5.91 Å². The summed E-state index contributed by atoms with van der Waals surface area (Å²) in [4.78, 5) is 11.1. The summed E-state index contributed by atoms with van der Waals surface area (Å²) in [5.41, 5.74) is 0.517. The van der Waals surface area contributed by atoms with Crippen LogP contribution in [0.25, 0.3) is 0 Å². The SMILES string of the molecule is CC1CC(=O)NC2(C)CC12C. The Kier molecular flexibility index (Phi) is 1.05. The molecule has 0 aromatic heterocycles. The monoisotopic (exact) mass is 153 g/mol. The van der Waals surface area contributed by atoms with Gasteiger partial charge in [-0.05, 0) is 24.7 Å². The molecule has 1 aliphatic carbocycles. The van der Waals surface area contributed by atoms with E-state index in [0.29, 0.717) is 17.8 Å². The number of hydrogen-bond donors (Lipinski definition) is 1. The maximum absolute atomic E-state index is 11.1. The van der Waals surface area contributed by atoms with Crippen LogP contribution in [0.1, 0.15) is 33.6 Å². The molecule has 0 aromatic rings. The number of hydrogen-bond acceptors (Lipinski definition) is 1. The van der Waals surface area contributed by atoms with Gasteiger partial charge in [0.15, 0.2) is 0 Å². The molecule has 3 unspecified atom stereocenters. The Hall–Kier alpha value is -0.530. The van der Waals surface area contributed by atoms with E-state index in [1.54, 1.807) is 0 Å². The minimum absolute atomic E-state index is 0.127. The fraction of sp³-hybridized carbons (Fsp3) is 0.889. The smallest absolute Gasteiger partial charge is 0.220 e. The van der Waals surface area contributed by atoms with Crippen LogP contribution in [-0.2, 0) is 4.79 Å². The van der Waals surface area contributed by atoms with Crippen LogP contribution in [0.4, 0.5) is 0 Å². The molecule has 2 aliphatic rings. The number of rotatable bonds is 0. The average Bonchev–Trinajstić information content (AvgIpc) is 2.34. The van der Waals surface area contributed by atoms with Crippen LogP contribution >= 0.6 is 0 Å². The van der Waals surface area contributed by atoms with Crippen molar-refractivity contribution in [3.8, 4) is 0 Å². The van der Waals surface area contributed by atoms with Crippen molar-refractivity contribution in [3.05, 3.63) is 0 Å². The largest absolute Gasteiger partial charge is 0.350 e. The van der Waals surface area contributed by atoms with E-state index in [1.165, 1.54) is 0 Å². The third-order valence-corrected chi connectivity index (χ3v) is 3.85. The number of nitrogens with one attached hydrogen (secondary N) is 1. The highest BCUT2D eigenvalue weighted by atomic mass is 16.2. The van der Waals surface area contributed by atoms with Crippen LogP contribution in [0.5, 0.6) is 0 Å². The molecule has 0 aromatic carbocycles. The Balaban J connectivity index is 2.26. The number of amides is 1. The Morgan fingerprint density at radius 1 is 1.55 bits per heavy atom. The van der Waals surface area contributed by atoms with E-state index in [1.807, 2.05) is 0 Å². The summed E-state index contributed by atoms with van der Waals surface area (Å²) in [6.45, 7) is 6.61. The van der Waals surface area contributed by atoms with Crippen molar-refractivity contribution in [1.29, 1.82) is 0 Å². The van der Waals surface area contributed by atoms with Gasteiger partial charge in [-0.3, -0.25) is 4.79 Å². The lowest BCUT2D eigenvalue weighted by Crippen LogP contribution is -2.46. The minimum Gasteiger partial charge on any atom is -0.350 e. The second kappa shape index (κ2) is 1.62. The van der Waals surface area contributed by atoms with Gasteiger partial charge in [0.1, 0.15) is 0 Å². The standard InChI is InChI=1S/C9H15NO/c1-6-4-7(11)10-9(3)5-8(6,9)2/h6H,4-5H2,1-3H3,(H,10,11). The molecule has 1 amide bonds. The zero-order valence-electron chi connectivity index (χ0n) is 7.40. The molecule has 0 radical (unpaired) electrons. The number of carbonyl (C=O) groups excluding carboxylic acids is 1. The molecule has 2 nitrogen and oxygen atoms in total. The fourth-order valence-electron chi connectivity index (χ4n) is 2.46. The van der Waals surface area contributed by atoms with E-state index in [9.17, 15) is 4.79 Å². The highest BCUT2D eigenvalue weighted by molar-refractivity contribution is 5.79. The third kappa shape index (κ3) is 0.700. The summed E-state index contributed by atoms with van der Waals surface area (Å²) < 4.78 is 0. The van der Waals surface area contributed by atoms with Crippen LogP contribution in [0, 0.1) is 11.3 Å². The second-order valence-corrected chi connectivity index (χ2v) is 4.58. The molecule has 62 valence electrons. The highest BCUT2D eigenvalue weighted by Gasteiger charge is 2.66. The summed E-state index contributed by atoms with van der Waals surface area (Å²) in [6.07, 6.45) is 1.87. The van der Waals surface area contributed by atoms with Gasteiger partial charge < -0.3 is 5.32 Å². The lowest BCUT2D eigenvalue weighted by atomic mass is 9.83. The molecule has 0 spiro atoms. The molecule has 1 saturated carbocycles. The topological polar surface area (TPSA) is 29.1 Å². The molecule has 11 heavy (non-hydrogen) atoms. The van der Waals surface area contributed by atoms with E-state index in [-0.39, 0.29) is 11.4 Å². The van der Waals surface area contributed by atoms with Gasteiger partial charge in [-0.2, -0.15) is 0 Å². The third-order valence-electron chi connectivity index (χ3n) is 3.85. The predicted molar refractivity (Wildman–Crippen MR) is 43.1 cm³/mol. The molecular formula is C9H15NO. The van der Waals surface area contributed by atoms with Crippen molar-refractivity contribution in [3.63, 3.8) is 0 Å². The van der Waals surface area contributed by atoms with Gasteiger partial charge in [-0.1, -0.05) is 13.8 Å². The first-order valence-corrected chi connectivity index (χ1v) is 4.29. The maximum Gasteiger partial charge on any atom is 0.220 e. The van der Waals surface area contributed by atoms with Gasteiger partial charge in [0.25, 0.3) is 0 Å². The van der Waals surface area contributed by atoms with Gasteiger partial charge in [-0.25, -0.2) is 0 Å². The Bertz CT molecular complexity index is 226. The number of carbonyl (C=O) groups is 1. The van der Waals surface area contributed by atoms with Crippen molar-refractivity contribution in [1.82, 2.24) is 5.32 Å². The molecule has 0 bridgehead atoms. The summed E-state index contributed by atoms with van der Waals surface area (Å²) in [7, 11) is 0. The normalized spacial score (nSPS) is 54.8. The summed E-state index contributed by atoms with van der Waals surface area (Å²) >= 11 is 0. The van der Waals surface area contributed by atoms with E-state index >= 15 is 0 Å². The number of piperidine rings is 1. The van der Waals surface area contributed by atoms with Crippen LogP contribution in [0.15, 0.2) is 0 Å². The first-order chi connectivity index (χ1) is 4.98. The van der Waals surface area contributed by atoms with Crippen molar-refractivity contribution < 1.29 is 4.79 Å². The van der Waals surface area contributed by atoms with Crippen LogP contribution in [0.2, 0.25) is 0 Å². The van der Waals surface area contributed by atoms with Crippen molar-refractivity contribution in [2.45, 2.75) is 39.2 Å². The fourth-order valence-corrected chi connectivity index (χ4v) is 2.46. The van der Waals surface area contributed by atoms with Gasteiger partial charge in [0.05, 0.1) is 0 Å². The minimum atomic E-state index is 0.127. The summed E-state index contributed by atoms with van der Waals surface area (Å²) in [5, 5.41) is 3.06. The highest BCUT2D eigenvalue weighted by Crippen LogP contribution is 2.63. The summed E-state index contributed by atoms with van der Waals surface area (Å²) in [6, 6.07) is 0. The maximum atomic E-state index is 11.1. The van der Waals surface area contributed by atoms with E-state index in [0.717, 1.165) is 6.42 Å². The predicted octanol–water partition coefficient (Wildman–Crippen LogP) is 1.31. The Morgan fingerprint density at radius 3 is 2.73 bits per heavy atom. The lowest BCUT2D eigenvalue weighted by Gasteiger charge is -2.31.